The molecule has 362 valence electrons. The minimum atomic E-state index is -1.73. The molecule has 0 radical (unpaired) electrons. The lowest BCUT2D eigenvalue weighted by molar-refractivity contribution is -0.185. The van der Waals surface area contributed by atoms with Gasteiger partial charge in [0, 0.05) is 57.3 Å². The molecule has 0 aliphatic heterocycles. The first-order chi connectivity index (χ1) is 28.9. The van der Waals surface area contributed by atoms with Crippen LogP contribution in [0.4, 0.5) is 0 Å². The zero-order chi connectivity index (χ0) is 47.8. The molecule has 0 fully saturated rings. The second-order valence-electron chi connectivity index (χ2n) is 16.8. The van der Waals surface area contributed by atoms with E-state index in [0.29, 0.717) is 13.0 Å². The van der Waals surface area contributed by atoms with E-state index in [-0.39, 0.29) is 96.1 Å². The third-order valence-corrected chi connectivity index (χ3v) is 11.9. The maximum atomic E-state index is 13.8. The number of nitrogens with zero attached hydrogens (tertiary/aromatic N) is 2. The standard InChI is InChI=1S/C42H78N2O16P2/c1-11-31(45)30(7)43(10)25-27(4)24-42(9,54)39(51)28(5)38(29(6)40(52)57-32(12-2)41(8,53)13-3)58-37(50)26-44(20-22-55-33(46)16-14-18-35(48)59-61)21-23-56-34(47)17-15-19-36(49)60-62/h27-32,38-39,45,51,53-54H,11-26,61-62H2,1-10H3/t27-,28+,29-,30-,31+,32-,38+,39-,41-,42-/m1/s1. The lowest BCUT2D eigenvalue weighted by atomic mass is 9.78. The lowest BCUT2D eigenvalue weighted by Crippen LogP contribution is -2.52. The Labute approximate surface area is 373 Å². The molecule has 0 aromatic rings. The van der Waals surface area contributed by atoms with Crippen molar-refractivity contribution >= 4 is 54.7 Å². The Hall–Kier alpha value is -2.56. The quantitative estimate of drug-likeness (QED) is 0.0419. The second-order valence-corrected chi connectivity index (χ2v) is 17.3. The molecule has 0 saturated carbocycles. The van der Waals surface area contributed by atoms with Crippen molar-refractivity contribution in [3.63, 3.8) is 0 Å². The number of hydrogen-bond acceptors (Lipinski definition) is 18. The molecule has 0 heterocycles. The van der Waals surface area contributed by atoms with Crippen LogP contribution < -0.4 is 0 Å². The molecule has 18 nitrogen and oxygen atoms in total. The number of aliphatic hydroxyl groups excluding tert-OH is 2. The predicted molar refractivity (Wildman–Crippen MR) is 236 cm³/mol. The fourth-order valence-electron chi connectivity index (χ4n) is 7.09. The summed E-state index contributed by atoms with van der Waals surface area (Å²) < 4.78 is 31.4. The highest BCUT2D eigenvalue weighted by atomic mass is 31.0. The second kappa shape index (κ2) is 30.6. The summed E-state index contributed by atoms with van der Waals surface area (Å²) >= 11 is 0. The van der Waals surface area contributed by atoms with Gasteiger partial charge in [-0.25, -0.2) is 0 Å². The summed E-state index contributed by atoms with van der Waals surface area (Å²) in [6, 6.07) is -0.152. The zero-order valence-electron chi connectivity index (χ0n) is 38.7. The zero-order valence-corrected chi connectivity index (χ0v) is 41.0. The summed E-state index contributed by atoms with van der Waals surface area (Å²) in [6.07, 6.45) is -2.78. The molecule has 0 bridgehead atoms. The third kappa shape index (κ3) is 22.9. The minimum Gasteiger partial charge on any atom is -0.464 e. The Kier molecular flexibility index (Phi) is 29.3. The van der Waals surface area contributed by atoms with E-state index >= 15 is 0 Å². The molecular weight excluding hydrogens is 850 g/mol. The first-order valence-electron chi connectivity index (χ1n) is 21.6. The summed E-state index contributed by atoms with van der Waals surface area (Å²) in [5, 5.41) is 44.8. The first-order valence-corrected chi connectivity index (χ1v) is 22.6. The summed E-state index contributed by atoms with van der Waals surface area (Å²) in [7, 11) is 5.55. The van der Waals surface area contributed by atoms with Crippen LogP contribution >= 0.6 is 18.9 Å². The number of ether oxygens (including phenoxy) is 4. The number of carbonyl (C=O) groups is 6. The average Bonchev–Trinajstić information content (AvgIpc) is 3.22. The highest BCUT2D eigenvalue weighted by molar-refractivity contribution is 7.11. The van der Waals surface area contributed by atoms with Gasteiger partial charge >= 0.3 is 35.8 Å². The molecule has 0 saturated heterocycles. The first kappa shape index (κ1) is 59.4. The van der Waals surface area contributed by atoms with Gasteiger partial charge in [0.15, 0.2) is 0 Å². The molecular formula is C42H78N2O16P2. The molecule has 4 N–H and O–H groups in total. The van der Waals surface area contributed by atoms with Gasteiger partial charge in [0.1, 0.15) is 25.4 Å². The van der Waals surface area contributed by atoms with Gasteiger partial charge in [-0.1, -0.05) is 34.6 Å². The van der Waals surface area contributed by atoms with Gasteiger partial charge < -0.3 is 53.3 Å². The number of rotatable bonds is 33. The van der Waals surface area contributed by atoms with Crippen molar-refractivity contribution in [2.75, 3.05) is 46.4 Å². The number of aliphatic hydroxyl groups is 4. The fraction of sp³-hybridized carbons (Fsp3) is 0.857. The van der Waals surface area contributed by atoms with Crippen molar-refractivity contribution < 1.29 is 77.2 Å². The number of hydrogen-bond donors (Lipinski definition) is 4. The van der Waals surface area contributed by atoms with Gasteiger partial charge in [-0.05, 0) is 79.2 Å². The summed E-state index contributed by atoms with van der Waals surface area (Å²) in [5.41, 5.74) is -3.09. The summed E-state index contributed by atoms with van der Waals surface area (Å²) in [6.45, 7) is 14.9. The molecule has 0 amide bonds. The van der Waals surface area contributed by atoms with Crippen LogP contribution in [0.3, 0.4) is 0 Å². The highest BCUT2D eigenvalue weighted by Crippen LogP contribution is 2.32. The predicted octanol–water partition coefficient (Wildman–Crippen LogP) is 3.28. The summed E-state index contributed by atoms with van der Waals surface area (Å²) in [5.74, 6) is -6.26. The average molecular weight is 929 g/mol. The molecule has 2 unspecified atom stereocenters. The van der Waals surface area contributed by atoms with Crippen LogP contribution in [0.5, 0.6) is 0 Å². The van der Waals surface area contributed by atoms with E-state index in [9.17, 15) is 49.2 Å². The molecule has 62 heavy (non-hydrogen) atoms. The van der Waals surface area contributed by atoms with E-state index in [1.165, 1.54) is 18.7 Å². The molecule has 0 rings (SSSR count). The molecule has 0 aliphatic carbocycles. The van der Waals surface area contributed by atoms with Crippen LogP contribution in [0.2, 0.25) is 0 Å². The van der Waals surface area contributed by atoms with Gasteiger partial charge in [-0.3, -0.25) is 33.7 Å². The minimum absolute atomic E-state index is 0.00688. The van der Waals surface area contributed by atoms with Gasteiger partial charge in [0.2, 0.25) is 0 Å². The smallest absolute Gasteiger partial charge is 0.320 e. The Morgan fingerprint density at radius 1 is 0.694 bits per heavy atom. The van der Waals surface area contributed by atoms with Crippen molar-refractivity contribution in [3.8, 4) is 0 Å². The molecule has 0 aromatic carbocycles. The van der Waals surface area contributed by atoms with Gasteiger partial charge in [-0.15, -0.1) is 0 Å². The monoisotopic (exact) mass is 928 g/mol. The van der Waals surface area contributed by atoms with E-state index in [1.54, 1.807) is 27.7 Å². The van der Waals surface area contributed by atoms with Crippen LogP contribution in [-0.2, 0) is 56.8 Å². The SMILES string of the molecule is CC[C@H](O)[C@@H](C)N(C)C[C@H](C)C[C@@](C)(O)[C@H](O)[C@@H](C)[C@H](OC(=O)CN(CCOC(=O)CCCC(=O)OP)CCOC(=O)CCCC(=O)OP)[C@@H](C)C(=O)O[C@H](CC)[C@](C)(O)CC. The molecule has 20 heteroatoms. The topological polar surface area (TPSA) is 245 Å². The Morgan fingerprint density at radius 3 is 1.61 bits per heavy atom. The van der Waals surface area contributed by atoms with Crippen molar-refractivity contribution in [2.45, 2.75) is 168 Å². The van der Waals surface area contributed by atoms with Gasteiger partial charge in [0.05, 0.1) is 54.8 Å². The molecule has 0 aromatic heterocycles. The van der Waals surface area contributed by atoms with Crippen molar-refractivity contribution in [2.24, 2.45) is 17.8 Å². The highest BCUT2D eigenvalue weighted by Gasteiger charge is 2.45. The maximum Gasteiger partial charge on any atom is 0.320 e. The largest absolute Gasteiger partial charge is 0.464 e. The molecule has 0 spiro atoms. The summed E-state index contributed by atoms with van der Waals surface area (Å²) in [4.78, 5) is 78.6. The fourth-order valence-corrected chi connectivity index (χ4v) is 7.32. The Bertz CT molecular complexity index is 1330. The van der Waals surface area contributed by atoms with Crippen LogP contribution in [0.15, 0.2) is 0 Å². The van der Waals surface area contributed by atoms with Crippen LogP contribution in [0.1, 0.15) is 127 Å². The van der Waals surface area contributed by atoms with Gasteiger partial charge in [-0.2, -0.15) is 0 Å². The molecule has 12 atom stereocenters. The number of likely N-dealkylation sites (N-methyl/N-ethyl adjacent to an activating group) is 1. The van der Waals surface area contributed by atoms with Crippen molar-refractivity contribution in [1.82, 2.24) is 9.80 Å². The number of esters is 4. The van der Waals surface area contributed by atoms with E-state index in [1.807, 2.05) is 51.7 Å². The van der Waals surface area contributed by atoms with Crippen molar-refractivity contribution in [3.05, 3.63) is 0 Å². The van der Waals surface area contributed by atoms with Gasteiger partial charge in [0.25, 0.3) is 0 Å². The van der Waals surface area contributed by atoms with Crippen LogP contribution in [0.25, 0.3) is 0 Å². The van der Waals surface area contributed by atoms with Crippen molar-refractivity contribution in [1.29, 1.82) is 0 Å². The number of carbonyl (C=O) groups excluding carboxylic acids is 6. The Morgan fingerprint density at radius 2 is 1.18 bits per heavy atom. The lowest BCUT2D eigenvalue weighted by Gasteiger charge is -2.40. The maximum absolute atomic E-state index is 13.8. The van der Waals surface area contributed by atoms with Crippen LogP contribution in [0, 0.1) is 17.8 Å². The van der Waals surface area contributed by atoms with E-state index < -0.39 is 89.8 Å². The molecule has 0 aliphatic rings. The van der Waals surface area contributed by atoms with E-state index in [0.717, 1.165) is 0 Å². The Balaban J connectivity index is 6.37. The van der Waals surface area contributed by atoms with E-state index in [4.69, 9.17) is 18.9 Å². The van der Waals surface area contributed by atoms with Crippen LogP contribution in [-0.4, -0.2) is 154 Å². The van der Waals surface area contributed by atoms with E-state index in [2.05, 4.69) is 9.05 Å². The normalized spacial score (nSPS) is 17.5. The third-order valence-electron chi connectivity index (χ3n) is 11.3.